The van der Waals surface area contributed by atoms with E-state index in [0.717, 1.165) is 12.1 Å². The second kappa shape index (κ2) is 3.58. The van der Waals surface area contributed by atoms with Gasteiger partial charge in [0, 0.05) is 18.6 Å². The normalized spacial score (nSPS) is 37.4. The molecule has 2 fully saturated rings. The van der Waals surface area contributed by atoms with Crippen LogP contribution >= 0.6 is 0 Å². The lowest BCUT2D eigenvalue weighted by molar-refractivity contribution is 0.375. The number of nitrogens with one attached hydrogen (secondary N) is 2. The lowest BCUT2D eigenvalue weighted by atomic mass is 10.1. The lowest BCUT2D eigenvalue weighted by Gasteiger charge is -2.24. The Bertz CT molecular complexity index is 171. The highest BCUT2D eigenvalue weighted by atomic mass is 15.0. The van der Waals surface area contributed by atoms with Gasteiger partial charge in [0.2, 0.25) is 0 Å². The van der Waals surface area contributed by atoms with E-state index >= 15 is 0 Å². The molecule has 0 bridgehead atoms. The molecule has 2 heteroatoms. The van der Waals surface area contributed by atoms with Gasteiger partial charge in [0.25, 0.3) is 0 Å². The van der Waals surface area contributed by atoms with E-state index in [1.54, 1.807) is 0 Å². The zero-order valence-electron chi connectivity index (χ0n) is 8.90. The molecule has 0 aromatic heterocycles. The molecule has 1 aliphatic carbocycles. The average molecular weight is 182 g/mol. The maximum absolute atomic E-state index is 3.65. The number of hydrogen-bond acceptors (Lipinski definition) is 2. The van der Waals surface area contributed by atoms with Gasteiger partial charge < -0.3 is 10.6 Å². The Balaban J connectivity index is 1.62. The molecule has 2 nitrogen and oxygen atoms in total. The number of piperidine rings is 1. The maximum Gasteiger partial charge on any atom is 0.0192 e. The Morgan fingerprint density at radius 2 is 2.15 bits per heavy atom. The van der Waals surface area contributed by atoms with E-state index in [0.29, 0.717) is 5.41 Å². The number of rotatable bonds is 3. The highest BCUT2D eigenvalue weighted by molar-refractivity contribution is 5.01. The summed E-state index contributed by atoms with van der Waals surface area (Å²) in [6.07, 6.45) is 5.50. The molecule has 0 spiro atoms. The van der Waals surface area contributed by atoms with Crippen LogP contribution in [-0.4, -0.2) is 25.2 Å². The van der Waals surface area contributed by atoms with Crippen molar-refractivity contribution in [2.45, 2.75) is 51.6 Å². The minimum atomic E-state index is 0.578. The van der Waals surface area contributed by atoms with Gasteiger partial charge in [-0.3, -0.25) is 0 Å². The Labute approximate surface area is 81.5 Å². The Kier molecular flexibility index (Phi) is 2.61. The third-order valence-electron chi connectivity index (χ3n) is 3.54. The van der Waals surface area contributed by atoms with Gasteiger partial charge in [-0.15, -0.1) is 0 Å². The highest BCUT2D eigenvalue weighted by Crippen LogP contribution is 2.44. The van der Waals surface area contributed by atoms with Crippen LogP contribution < -0.4 is 10.6 Å². The van der Waals surface area contributed by atoms with E-state index < -0.39 is 0 Å². The van der Waals surface area contributed by atoms with Crippen molar-refractivity contribution in [2.24, 2.45) is 5.41 Å². The van der Waals surface area contributed by atoms with Crippen LogP contribution in [0.3, 0.4) is 0 Å². The van der Waals surface area contributed by atoms with E-state index in [1.165, 1.54) is 38.8 Å². The van der Waals surface area contributed by atoms with Crippen LogP contribution in [0.1, 0.15) is 39.5 Å². The molecule has 0 aromatic rings. The Hall–Kier alpha value is -0.0800. The van der Waals surface area contributed by atoms with Crippen molar-refractivity contribution in [1.82, 2.24) is 10.6 Å². The van der Waals surface area contributed by atoms with Gasteiger partial charge in [0.15, 0.2) is 0 Å². The molecule has 2 atom stereocenters. The summed E-state index contributed by atoms with van der Waals surface area (Å²) >= 11 is 0. The molecular weight excluding hydrogens is 160 g/mol. The molecule has 1 heterocycles. The molecule has 2 aliphatic rings. The minimum absolute atomic E-state index is 0.578. The highest BCUT2D eigenvalue weighted by Gasteiger charge is 2.45. The zero-order chi connectivity index (χ0) is 9.31. The van der Waals surface area contributed by atoms with Gasteiger partial charge >= 0.3 is 0 Å². The molecule has 76 valence electrons. The Morgan fingerprint density at radius 3 is 2.69 bits per heavy atom. The molecule has 0 aromatic carbocycles. The molecule has 2 rings (SSSR count). The Morgan fingerprint density at radius 1 is 1.38 bits per heavy atom. The predicted molar refractivity (Wildman–Crippen MR) is 55.8 cm³/mol. The molecule has 0 amide bonds. The topological polar surface area (TPSA) is 24.1 Å². The fraction of sp³-hybridized carbons (Fsp3) is 1.00. The van der Waals surface area contributed by atoms with Crippen molar-refractivity contribution in [3.05, 3.63) is 0 Å². The predicted octanol–water partition coefficient (Wildman–Crippen LogP) is 1.52. The van der Waals surface area contributed by atoms with Gasteiger partial charge in [0.1, 0.15) is 0 Å². The van der Waals surface area contributed by atoms with Crippen LogP contribution in [0, 0.1) is 5.41 Å². The first-order chi connectivity index (χ1) is 6.18. The van der Waals surface area contributed by atoms with Crippen LogP contribution in [0.15, 0.2) is 0 Å². The summed E-state index contributed by atoms with van der Waals surface area (Å²) in [5.41, 5.74) is 0.578. The van der Waals surface area contributed by atoms with E-state index in [2.05, 4.69) is 24.5 Å². The van der Waals surface area contributed by atoms with Gasteiger partial charge in [-0.25, -0.2) is 0 Å². The van der Waals surface area contributed by atoms with Crippen molar-refractivity contribution < 1.29 is 0 Å². The van der Waals surface area contributed by atoms with E-state index in [4.69, 9.17) is 0 Å². The largest absolute Gasteiger partial charge is 0.313 e. The van der Waals surface area contributed by atoms with Crippen LogP contribution in [0.5, 0.6) is 0 Å². The minimum Gasteiger partial charge on any atom is -0.313 e. The van der Waals surface area contributed by atoms with Crippen molar-refractivity contribution in [2.75, 3.05) is 13.1 Å². The fourth-order valence-electron chi connectivity index (χ4n) is 2.20. The molecule has 2 N–H and O–H groups in total. The van der Waals surface area contributed by atoms with Crippen molar-refractivity contribution in [3.63, 3.8) is 0 Å². The van der Waals surface area contributed by atoms with E-state index in [-0.39, 0.29) is 0 Å². The quantitative estimate of drug-likeness (QED) is 0.691. The molecule has 1 aliphatic heterocycles. The second-order valence-corrected chi connectivity index (χ2v) is 5.30. The smallest absolute Gasteiger partial charge is 0.0192 e. The zero-order valence-corrected chi connectivity index (χ0v) is 8.90. The second-order valence-electron chi connectivity index (χ2n) is 5.30. The van der Waals surface area contributed by atoms with Gasteiger partial charge in [0.05, 0.1) is 0 Å². The first kappa shape index (κ1) is 9.47. The van der Waals surface area contributed by atoms with Gasteiger partial charge in [-0.1, -0.05) is 20.3 Å². The van der Waals surface area contributed by atoms with Crippen molar-refractivity contribution >= 4 is 0 Å². The molecule has 1 saturated heterocycles. The molecule has 2 unspecified atom stereocenters. The first-order valence-electron chi connectivity index (χ1n) is 5.65. The maximum atomic E-state index is 3.65. The summed E-state index contributed by atoms with van der Waals surface area (Å²) in [4.78, 5) is 0. The van der Waals surface area contributed by atoms with Crippen LogP contribution in [-0.2, 0) is 0 Å². The van der Waals surface area contributed by atoms with E-state index in [9.17, 15) is 0 Å². The molecule has 13 heavy (non-hydrogen) atoms. The molecule has 0 radical (unpaired) electrons. The third-order valence-corrected chi connectivity index (χ3v) is 3.54. The van der Waals surface area contributed by atoms with Crippen LogP contribution in [0.2, 0.25) is 0 Å². The summed E-state index contributed by atoms with van der Waals surface area (Å²) in [5, 5.41) is 7.22. The van der Waals surface area contributed by atoms with Crippen LogP contribution in [0.4, 0.5) is 0 Å². The van der Waals surface area contributed by atoms with Crippen molar-refractivity contribution in [1.29, 1.82) is 0 Å². The van der Waals surface area contributed by atoms with Crippen molar-refractivity contribution in [3.8, 4) is 0 Å². The summed E-state index contributed by atoms with van der Waals surface area (Å²) in [6.45, 7) is 7.09. The van der Waals surface area contributed by atoms with E-state index in [1.807, 2.05) is 0 Å². The fourth-order valence-corrected chi connectivity index (χ4v) is 2.20. The summed E-state index contributed by atoms with van der Waals surface area (Å²) in [5.74, 6) is 0. The summed E-state index contributed by atoms with van der Waals surface area (Å²) < 4.78 is 0. The summed E-state index contributed by atoms with van der Waals surface area (Å²) in [6, 6.07) is 1.53. The SMILES string of the molecule is CC1(C)CC1NCC1CCCCN1. The summed E-state index contributed by atoms with van der Waals surface area (Å²) in [7, 11) is 0. The standard InChI is InChI=1S/C11H22N2/c1-11(2)7-10(11)13-8-9-5-3-4-6-12-9/h9-10,12-13H,3-8H2,1-2H3. The van der Waals surface area contributed by atoms with Crippen LogP contribution in [0.25, 0.3) is 0 Å². The molecular formula is C11H22N2. The number of hydrogen-bond donors (Lipinski definition) is 2. The average Bonchev–Trinajstić information content (AvgIpc) is 2.73. The first-order valence-corrected chi connectivity index (χ1v) is 5.65. The molecule has 1 saturated carbocycles. The lowest BCUT2D eigenvalue weighted by Crippen LogP contribution is -2.42. The van der Waals surface area contributed by atoms with Gasteiger partial charge in [-0.05, 0) is 31.2 Å². The third kappa shape index (κ3) is 2.44. The monoisotopic (exact) mass is 182 g/mol. The van der Waals surface area contributed by atoms with Gasteiger partial charge in [-0.2, -0.15) is 0 Å².